The number of benzene rings is 3. The summed E-state index contributed by atoms with van der Waals surface area (Å²) in [4.78, 5) is 3.46. The fraction of sp³-hybridized carbons (Fsp3) is 0.304. The molecule has 2 nitrogen and oxygen atoms in total. The molecule has 4 rings (SSSR count). The Kier molecular flexibility index (Phi) is 4.82. The van der Waals surface area contributed by atoms with Crippen LogP contribution in [0.2, 0.25) is 0 Å². The Morgan fingerprint density at radius 2 is 1.40 bits per heavy atom. The van der Waals surface area contributed by atoms with Crippen molar-refractivity contribution in [2.24, 2.45) is 0 Å². The van der Waals surface area contributed by atoms with Crippen LogP contribution >= 0.6 is 0 Å². The van der Waals surface area contributed by atoms with Crippen LogP contribution in [0, 0.1) is 6.92 Å². The predicted molar refractivity (Wildman–Crippen MR) is 104 cm³/mol. The highest BCUT2D eigenvalue weighted by Crippen LogP contribution is 2.17. The third-order valence-electron chi connectivity index (χ3n) is 5.52. The lowest BCUT2D eigenvalue weighted by Crippen LogP contribution is -3.27. The van der Waals surface area contributed by atoms with E-state index in [-0.39, 0.29) is 0 Å². The summed E-state index contributed by atoms with van der Waals surface area (Å²) >= 11 is 0. The van der Waals surface area contributed by atoms with E-state index in [0.717, 1.165) is 6.54 Å². The number of nitrogens with one attached hydrogen (secondary N) is 2. The molecule has 0 radical (unpaired) electrons. The maximum atomic E-state index is 2.34. The van der Waals surface area contributed by atoms with Crippen LogP contribution in [0.5, 0.6) is 0 Å². The number of aryl methyl sites for hydroxylation is 1. The minimum Gasteiger partial charge on any atom is -0.322 e. The lowest BCUT2D eigenvalue weighted by molar-refractivity contribution is -1.02. The van der Waals surface area contributed by atoms with E-state index >= 15 is 0 Å². The van der Waals surface area contributed by atoms with Gasteiger partial charge < -0.3 is 9.80 Å². The molecule has 2 heteroatoms. The zero-order valence-electron chi connectivity index (χ0n) is 15.1. The van der Waals surface area contributed by atoms with Crippen molar-refractivity contribution >= 4 is 10.8 Å². The molecule has 25 heavy (non-hydrogen) atoms. The standard InChI is InChI=1S/C23H26N2/c1-19-6-4-7-20(16-19)17-24-12-14-25(15-13-24)18-22-10-5-9-21-8-2-3-11-23(21)22/h2-11,16H,12-15,17-18H2,1H3/p+2. The Balaban J connectivity index is 1.37. The molecule has 0 aliphatic carbocycles. The van der Waals surface area contributed by atoms with E-state index in [9.17, 15) is 0 Å². The van der Waals surface area contributed by atoms with Gasteiger partial charge in [-0.15, -0.1) is 0 Å². The van der Waals surface area contributed by atoms with Crippen LogP contribution in [0.4, 0.5) is 0 Å². The second-order valence-electron chi connectivity index (χ2n) is 7.48. The molecule has 128 valence electrons. The van der Waals surface area contributed by atoms with Crippen molar-refractivity contribution in [2.75, 3.05) is 26.2 Å². The fourth-order valence-electron chi connectivity index (χ4n) is 4.14. The Bertz CT molecular complexity index is 842. The second kappa shape index (κ2) is 7.38. The Morgan fingerprint density at radius 1 is 0.720 bits per heavy atom. The van der Waals surface area contributed by atoms with Gasteiger partial charge in [0.15, 0.2) is 0 Å². The van der Waals surface area contributed by atoms with Crippen molar-refractivity contribution in [3.05, 3.63) is 83.4 Å². The van der Waals surface area contributed by atoms with Crippen molar-refractivity contribution < 1.29 is 9.80 Å². The van der Waals surface area contributed by atoms with E-state index in [1.165, 1.54) is 60.2 Å². The molecule has 3 aromatic carbocycles. The molecule has 0 spiro atoms. The van der Waals surface area contributed by atoms with Gasteiger partial charge in [-0.2, -0.15) is 0 Å². The average molecular weight is 332 g/mol. The first-order valence-electron chi connectivity index (χ1n) is 9.47. The number of quaternary nitrogens is 2. The maximum Gasteiger partial charge on any atom is 0.127 e. The molecular formula is C23H28N2+2. The van der Waals surface area contributed by atoms with Gasteiger partial charge in [0.2, 0.25) is 0 Å². The number of piperazine rings is 1. The van der Waals surface area contributed by atoms with Crippen molar-refractivity contribution in [3.8, 4) is 0 Å². The summed E-state index contributed by atoms with van der Waals surface area (Å²) in [5.41, 5.74) is 4.35. The fourth-order valence-corrected chi connectivity index (χ4v) is 4.14. The van der Waals surface area contributed by atoms with Crippen LogP contribution in [0.15, 0.2) is 66.7 Å². The smallest absolute Gasteiger partial charge is 0.127 e. The van der Waals surface area contributed by atoms with E-state index in [1.807, 2.05) is 0 Å². The van der Waals surface area contributed by atoms with E-state index in [0.29, 0.717) is 0 Å². The highest BCUT2D eigenvalue weighted by Gasteiger charge is 2.23. The largest absolute Gasteiger partial charge is 0.322 e. The summed E-state index contributed by atoms with van der Waals surface area (Å²) in [6.07, 6.45) is 0. The first-order chi connectivity index (χ1) is 12.3. The van der Waals surface area contributed by atoms with Crippen LogP contribution in [0.25, 0.3) is 10.8 Å². The first kappa shape index (κ1) is 16.3. The summed E-state index contributed by atoms with van der Waals surface area (Å²) < 4.78 is 0. The number of rotatable bonds is 4. The highest BCUT2D eigenvalue weighted by molar-refractivity contribution is 5.85. The summed E-state index contributed by atoms with van der Waals surface area (Å²) in [6.45, 7) is 9.59. The van der Waals surface area contributed by atoms with Crippen LogP contribution in [0.1, 0.15) is 16.7 Å². The van der Waals surface area contributed by atoms with Crippen LogP contribution in [-0.4, -0.2) is 26.2 Å². The minimum atomic E-state index is 1.15. The van der Waals surface area contributed by atoms with Gasteiger partial charge in [-0.25, -0.2) is 0 Å². The van der Waals surface area contributed by atoms with E-state index in [1.54, 1.807) is 9.80 Å². The Labute approximate surface area is 150 Å². The molecular weight excluding hydrogens is 304 g/mol. The van der Waals surface area contributed by atoms with Gasteiger partial charge >= 0.3 is 0 Å². The Morgan fingerprint density at radius 3 is 2.20 bits per heavy atom. The van der Waals surface area contributed by atoms with Gasteiger partial charge in [0, 0.05) is 11.1 Å². The molecule has 0 aromatic heterocycles. The molecule has 1 aliphatic heterocycles. The molecule has 0 amide bonds. The lowest BCUT2D eigenvalue weighted by Gasteiger charge is -2.30. The van der Waals surface area contributed by atoms with Crippen molar-refractivity contribution in [1.29, 1.82) is 0 Å². The maximum absolute atomic E-state index is 2.34. The van der Waals surface area contributed by atoms with Crippen molar-refractivity contribution in [3.63, 3.8) is 0 Å². The number of fused-ring (bicyclic) bond motifs is 1. The van der Waals surface area contributed by atoms with Crippen LogP contribution in [-0.2, 0) is 13.1 Å². The highest BCUT2D eigenvalue weighted by atomic mass is 15.3. The molecule has 1 aliphatic rings. The molecule has 1 saturated heterocycles. The van der Waals surface area contributed by atoms with Crippen molar-refractivity contribution in [1.82, 2.24) is 0 Å². The van der Waals surface area contributed by atoms with Gasteiger partial charge in [-0.1, -0.05) is 72.3 Å². The number of hydrogen-bond acceptors (Lipinski definition) is 0. The third kappa shape index (κ3) is 3.92. The summed E-state index contributed by atoms with van der Waals surface area (Å²) in [7, 11) is 0. The van der Waals surface area contributed by atoms with E-state index < -0.39 is 0 Å². The van der Waals surface area contributed by atoms with Gasteiger partial charge in [0.25, 0.3) is 0 Å². The predicted octanol–water partition coefficient (Wildman–Crippen LogP) is 1.63. The molecule has 0 saturated carbocycles. The van der Waals surface area contributed by atoms with Gasteiger partial charge in [-0.05, 0) is 17.7 Å². The first-order valence-corrected chi connectivity index (χ1v) is 9.47. The summed E-state index contributed by atoms with van der Waals surface area (Å²) in [6, 6.07) is 24.5. The van der Waals surface area contributed by atoms with E-state index in [2.05, 4.69) is 73.7 Å². The Hall–Kier alpha value is -2.16. The third-order valence-corrected chi connectivity index (χ3v) is 5.52. The zero-order chi connectivity index (χ0) is 17.1. The average Bonchev–Trinajstić information content (AvgIpc) is 2.64. The summed E-state index contributed by atoms with van der Waals surface area (Å²) in [5.74, 6) is 0. The molecule has 0 bridgehead atoms. The van der Waals surface area contributed by atoms with Gasteiger partial charge in [-0.3, -0.25) is 0 Å². The minimum absolute atomic E-state index is 1.15. The molecule has 0 unspecified atom stereocenters. The van der Waals surface area contributed by atoms with Crippen LogP contribution < -0.4 is 9.80 Å². The normalized spacial score (nSPS) is 20.7. The summed E-state index contributed by atoms with van der Waals surface area (Å²) in [5, 5.41) is 2.79. The van der Waals surface area contributed by atoms with Crippen LogP contribution in [0.3, 0.4) is 0 Å². The molecule has 0 atom stereocenters. The quantitative estimate of drug-likeness (QED) is 0.719. The van der Waals surface area contributed by atoms with Gasteiger partial charge in [0.1, 0.15) is 39.3 Å². The molecule has 1 heterocycles. The SMILES string of the molecule is Cc1cccc(C[NH+]2CC[NH+](Cc3cccc4ccccc34)CC2)c1. The number of hydrogen-bond donors (Lipinski definition) is 2. The van der Waals surface area contributed by atoms with E-state index in [4.69, 9.17) is 0 Å². The molecule has 2 N–H and O–H groups in total. The topological polar surface area (TPSA) is 8.88 Å². The lowest BCUT2D eigenvalue weighted by atomic mass is 10.0. The molecule has 1 fully saturated rings. The zero-order valence-corrected chi connectivity index (χ0v) is 15.1. The molecule has 3 aromatic rings. The second-order valence-corrected chi connectivity index (χ2v) is 7.48. The monoisotopic (exact) mass is 332 g/mol. The van der Waals surface area contributed by atoms with Gasteiger partial charge in [0.05, 0.1) is 0 Å². The van der Waals surface area contributed by atoms with Crippen molar-refractivity contribution in [2.45, 2.75) is 20.0 Å².